The molecule has 3 heteroatoms. The van der Waals surface area contributed by atoms with E-state index in [1.165, 1.54) is 43.4 Å². The van der Waals surface area contributed by atoms with Crippen molar-refractivity contribution in [1.29, 1.82) is 0 Å². The summed E-state index contributed by atoms with van der Waals surface area (Å²) in [7, 11) is 0. The second-order valence-electron chi connectivity index (χ2n) is 5.06. The number of rotatable bonds is 3. The van der Waals surface area contributed by atoms with Crippen LogP contribution in [0, 0.1) is 0 Å². The third-order valence-corrected chi connectivity index (χ3v) is 4.23. The van der Waals surface area contributed by atoms with Crippen molar-refractivity contribution in [2.24, 2.45) is 5.73 Å². The standard InChI is InChI=1S/C15H23ClN2/c1-2-13-8-4-3-5-10-18(13)15-12(11-17)7-6-9-14(15)16/h6-7,9,13H,2-5,8,10-11,17H2,1H3. The highest BCUT2D eigenvalue weighted by atomic mass is 35.5. The summed E-state index contributed by atoms with van der Waals surface area (Å²) >= 11 is 6.42. The Morgan fingerprint density at radius 2 is 2.17 bits per heavy atom. The van der Waals surface area contributed by atoms with E-state index in [4.69, 9.17) is 17.3 Å². The Bertz CT molecular complexity index is 392. The Kier molecular flexibility index (Phi) is 4.90. The van der Waals surface area contributed by atoms with Gasteiger partial charge >= 0.3 is 0 Å². The van der Waals surface area contributed by atoms with Crippen LogP contribution in [0.15, 0.2) is 18.2 Å². The monoisotopic (exact) mass is 266 g/mol. The Morgan fingerprint density at radius 3 is 2.89 bits per heavy atom. The second-order valence-corrected chi connectivity index (χ2v) is 5.46. The van der Waals surface area contributed by atoms with Crippen LogP contribution in [0.4, 0.5) is 5.69 Å². The highest BCUT2D eigenvalue weighted by Gasteiger charge is 2.23. The SMILES string of the molecule is CCC1CCCCCN1c1c(Cl)cccc1CN. The molecule has 1 heterocycles. The highest BCUT2D eigenvalue weighted by Crippen LogP contribution is 2.34. The van der Waals surface area contributed by atoms with Crippen LogP contribution in [0.1, 0.15) is 44.6 Å². The third kappa shape index (κ3) is 2.81. The summed E-state index contributed by atoms with van der Waals surface area (Å²) in [5, 5.41) is 0.846. The number of nitrogens with two attached hydrogens (primary N) is 1. The number of hydrogen-bond donors (Lipinski definition) is 1. The Labute approximate surface area is 115 Å². The molecule has 0 aliphatic carbocycles. The van der Waals surface area contributed by atoms with Crippen LogP contribution in [0.5, 0.6) is 0 Å². The molecule has 1 unspecified atom stereocenters. The summed E-state index contributed by atoms with van der Waals surface area (Å²) in [5.41, 5.74) is 8.21. The van der Waals surface area contributed by atoms with Gasteiger partial charge in [0.2, 0.25) is 0 Å². The van der Waals surface area contributed by atoms with Gasteiger partial charge in [0.1, 0.15) is 0 Å². The normalized spacial score (nSPS) is 20.8. The van der Waals surface area contributed by atoms with E-state index >= 15 is 0 Å². The predicted molar refractivity (Wildman–Crippen MR) is 79.2 cm³/mol. The van der Waals surface area contributed by atoms with Gasteiger partial charge in [-0.2, -0.15) is 0 Å². The lowest BCUT2D eigenvalue weighted by molar-refractivity contribution is 0.555. The van der Waals surface area contributed by atoms with Gasteiger partial charge in [0.05, 0.1) is 10.7 Å². The molecule has 1 aliphatic heterocycles. The van der Waals surface area contributed by atoms with Crippen molar-refractivity contribution in [2.45, 2.75) is 51.6 Å². The zero-order chi connectivity index (χ0) is 13.0. The van der Waals surface area contributed by atoms with Crippen LogP contribution in [-0.4, -0.2) is 12.6 Å². The van der Waals surface area contributed by atoms with Gasteiger partial charge in [-0.1, -0.05) is 43.5 Å². The predicted octanol–water partition coefficient (Wildman–Crippen LogP) is 3.96. The minimum atomic E-state index is 0.558. The molecule has 0 spiro atoms. The summed E-state index contributed by atoms with van der Waals surface area (Å²) in [5.74, 6) is 0. The zero-order valence-electron chi connectivity index (χ0n) is 11.2. The fourth-order valence-electron chi connectivity index (χ4n) is 2.94. The maximum atomic E-state index is 6.42. The van der Waals surface area contributed by atoms with Gasteiger partial charge in [-0.25, -0.2) is 0 Å². The molecule has 2 nitrogen and oxygen atoms in total. The zero-order valence-corrected chi connectivity index (χ0v) is 11.9. The fourth-order valence-corrected chi connectivity index (χ4v) is 3.25. The first-order valence-electron chi connectivity index (χ1n) is 7.02. The maximum Gasteiger partial charge on any atom is 0.0643 e. The Hall–Kier alpha value is -0.730. The molecule has 0 radical (unpaired) electrons. The summed E-state index contributed by atoms with van der Waals surface area (Å²) in [6.07, 6.45) is 6.36. The van der Waals surface area contributed by atoms with Gasteiger partial charge in [0.15, 0.2) is 0 Å². The summed E-state index contributed by atoms with van der Waals surface area (Å²) in [6.45, 7) is 3.93. The van der Waals surface area contributed by atoms with Crippen molar-refractivity contribution in [3.8, 4) is 0 Å². The first-order chi connectivity index (χ1) is 8.77. The van der Waals surface area contributed by atoms with E-state index < -0.39 is 0 Å². The maximum absolute atomic E-state index is 6.42. The fraction of sp³-hybridized carbons (Fsp3) is 0.600. The lowest BCUT2D eigenvalue weighted by atomic mass is 10.1. The molecule has 1 atom stereocenters. The average Bonchev–Trinajstić information content (AvgIpc) is 2.63. The summed E-state index contributed by atoms with van der Waals surface area (Å²) in [6, 6.07) is 6.68. The van der Waals surface area contributed by atoms with Crippen molar-refractivity contribution < 1.29 is 0 Å². The van der Waals surface area contributed by atoms with Crippen molar-refractivity contribution in [1.82, 2.24) is 0 Å². The molecule has 1 fully saturated rings. The van der Waals surface area contributed by atoms with E-state index in [1.807, 2.05) is 12.1 Å². The Morgan fingerprint density at radius 1 is 1.33 bits per heavy atom. The van der Waals surface area contributed by atoms with Gasteiger partial charge in [0, 0.05) is 19.1 Å². The number of anilines is 1. The van der Waals surface area contributed by atoms with E-state index in [1.54, 1.807) is 0 Å². The van der Waals surface area contributed by atoms with Gasteiger partial charge in [-0.15, -0.1) is 0 Å². The third-order valence-electron chi connectivity index (χ3n) is 3.93. The topological polar surface area (TPSA) is 29.3 Å². The molecule has 1 saturated heterocycles. The van der Waals surface area contributed by atoms with Crippen LogP contribution >= 0.6 is 11.6 Å². The van der Waals surface area contributed by atoms with E-state index in [0.29, 0.717) is 12.6 Å². The number of nitrogens with zero attached hydrogens (tertiary/aromatic N) is 1. The van der Waals surface area contributed by atoms with Gasteiger partial charge < -0.3 is 10.6 Å². The number of halogens is 1. The largest absolute Gasteiger partial charge is 0.367 e. The van der Waals surface area contributed by atoms with Gasteiger partial charge in [0.25, 0.3) is 0 Å². The molecular weight excluding hydrogens is 244 g/mol. The van der Waals surface area contributed by atoms with Gasteiger partial charge in [-0.3, -0.25) is 0 Å². The molecule has 0 aromatic heterocycles. The molecule has 1 aromatic carbocycles. The van der Waals surface area contributed by atoms with E-state index in [0.717, 1.165) is 11.6 Å². The lowest BCUT2D eigenvalue weighted by Crippen LogP contribution is -2.35. The summed E-state index contributed by atoms with van der Waals surface area (Å²) in [4.78, 5) is 2.50. The molecule has 0 bridgehead atoms. The molecule has 2 N–H and O–H groups in total. The van der Waals surface area contributed by atoms with Crippen LogP contribution in [-0.2, 0) is 6.54 Å². The number of hydrogen-bond acceptors (Lipinski definition) is 2. The quantitative estimate of drug-likeness (QED) is 0.897. The molecule has 1 aromatic rings. The average molecular weight is 267 g/mol. The molecular formula is C15H23ClN2. The molecule has 0 saturated carbocycles. The van der Waals surface area contributed by atoms with Crippen LogP contribution < -0.4 is 10.6 Å². The number of benzene rings is 1. The highest BCUT2D eigenvalue weighted by molar-refractivity contribution is 6.33. The van der Waals surface area contributed by atoms with E-state index in [-0.39, 0.29) is 0 Å². The molecule has 2 rings (SSSR count). The van der Waals surface area contributed by atoms with Crippen molar-refractivity contribution in [2.75, 3.05) is 11.4 Å². The Balaban J connectivity index is 2.37. The van der Waals surface area contributed by atoms with Crippen molar-refractivity contribution in [3.05, 3.63) is 28.8 Å². The first kappa shape index (κ1) is 13.7. The van der Waals surface area contributed by atoms with Crippen LogP contribution in [0.25, 0.3) is 0 Å². The molecule has 1 aliphatic rings. The minimum Gasteiger partial charge on any atom is -0.367 e. The number of para-hydroxylation sites is 1. The van der Waals surface area contributed by atoms with Crippen molar-refractivity contribution >= 4 is 17.3 Å². The first-order valence-corrected chi connectivity index (χ1v) is 7.39. The van der Waals surface area contributed by atoms with Gasteiger partial charge in [-0.05, 0) is 30.9 Å². The lowest BCUT2D eigenvalue weighted by Gasteiger charge is -2.33. The van der Waals surface area contributed by atoms with Crippen molar-refractivity contribution in [3.63, 3.8) is 0 Å². The van der Waals surface area contributed by atoms with E-state index in [9.17, 15) is 0 Å². The second kappa shape index (κ2) is 6.44. The molecule has 0 amide bonds. The minimum absolute atomic E-state index is 0.558. The smallest absolute Gasteiger partial charge is 0.0643 e. The molecule has 18 heavy (non-hydrogen) atoms. The molecule has 100 valence electrons. The van der Waals surface area contributed by atoms with E-state index in [2.05, 4.69) is 17.9 Å². The van der Waals surface area contributed by atoms with Crippen LogP contribution in [0.2, 0.25) is 5.02 Å². The summed E-state index contributed by atoms with van der Waals surface area (Å²) < 4.78 is 0. The van der Waals surface area contributed by atoms with Crippen LogP contribution in [0.3, 0.4) is 0 Å².